The highest BCUT2D eigenvalue weighted by molar-refractivity contribution is 6.05. The lowest BCUT2D eigenvalue weighted by Gasteiger charge is -2.37. The number of carbonyl (C=O) groups is 2. The summed E-state index contributed by atoms with van der Waals surface area (Å²) >= 11 is 0. The minimum Gasteiger partial charge on any atom is -0.497 e. The summed E-state index contributed by atoms with van der Waals surface area (Å²) in [6, 6.07) is 36.3. The third kappa shape index (κ3) is 6.14. The summed E-state index contributed by atoms with van der Waals surface area (Å²) in [5, 5.41) is 4.40. The molecule has 2 amide bonds. The Bertz CT molecular complexity index is 1450. The zero-order chi connectivity index (χ0) is 28.7. The van der Waals surface area contributed by atoms with Crippen molar-refractivity contribution in [2.24, 2.45) is 10.9 Å². The van der Waals surface area contributed by atoms with E-state index in [2.05, 4.69) is 5.16 Å². The van der Waals surface area contributed by atoms with Crippen molar-refractivity contribution in [3.63, 3.8) is 0 Å². The molecule has 4 aromatic rings. The summed E-state index contributed by atoms with van der Waals surface area (Å²) in [6.45, 7) is 0.369. The van der Waals surface area contributed by atoms with Gasteiger partial charge in [-0.25, -0.2) is 0 Å². The molecule has 1 heterocycles. The molecule has 0 aromatic heterocycles. The molecule has 1 unspecified atom stereocenters. The van der Waals surface area contributed by atoms with Gasteiger partial charge in [0.25, 0.3) is 0 Å². The van der Waals surface area contributed by atoms with Crippen LogP contribution >= 0.6 is 0 Å². The first-order valence-electron chi connectivity index (χ1n) is 13.6. The molecular formula is C34H33N3O4. The molecule has 0 spiro atoms. The number of likely N-dealkylation sites (tertiary alicyclic amines) is 1. The maximum Gasteiger partial charge on any atom is 0.244 e. The maximum absolute atomic E-state index is 14.6. The molecule has 41 heavy (non-hydrogen) atoms. The van der Waals surface area contributed by atoms with E-state index in [1.54, 1.807) is 12.0 Å². The molecule has 4 aromatic carbocycles. The number of nitrogens with two attached hydrogens (primary N) is 1. The fraction of sp³-hybridized carbons (Fsp3) is 0.206. The molecule has 1 fully saturated rings. The van der Waals surface area contributed by atoms with Crippen LogP contribution in [0.3, 0.4) is 0 Å². The summed E-state index contributed by atoms with van der Waals surface area (Å²) in [5.74, 6) is -0.651. The predicted octanol–water partition coefficient (Wildman–Crippen LogP) is 5.10. The Hall–Kier alpha value is -4.91. The van der Waals surface area contributed by atoms with E-state index in [1.807, 2.05) is 115 Å². The van der Waals surface area contributed by atoms with E-state index in [0.717, 1.165) is 28.0 Å². The van der Waals surface area contributed by atoms with Crippen LogP contribution in [-0.2, 0) is 27.5 Å². The second-order valence-corrected chi connectivity index (χ2v) is 10.2. The number of oxime groups is 1. The van der Waals surface area contributed by atoms with E-state index in [1.165, 1.54) is 0 Å². The molecule has 0 radical (unpaired) electrons. The van der Waals surface area contributed by atoms with Gasteiger partial charge in [0.1, 0.15) is 17.9 Å². The van der Waals surface area contributed by atoms with Gasteiger partial charge < -0.3 is 20.2 Å². The highest BCUT2D eigenvalue weighted by Gasteiger charge is 2.52. The van der Waals surface area contributed by atoms with Crippen molar-refractivity contribution in [2.75, 3.05) is 13.7 Å². The Labute approximate surface area is 240 Å². The van der Waals surface area contributed by atoms with Gasteiger partial charge in [-0.2, -0.15) is 0 Å². The van der Waals surface area contributed by atoms with Crippen molar-refractivity contribution in [2.45, 2.75) is 30.9 Å². The smallest absolute Gasteiger partial charge is 0.244 e. The van der Waals surface area contributed by atoms with Gasteiger partial charge in [-0.1, -0.05) is 108 Å². The maximum atomic E-state index is 14.6. The number of methoxy groups -OCH3 is 1. The first-order valence-corrected chi connectivity index (χ1v) is 13.6. The second-order valence-electron chi connectivity index (χ2n) is 10.2. The molecule has 7 nitrogen and oxygen atoms in total. The normalized spacial score (nSPS) is 17.5. The molecule has 7 heteroatoms. The summed E-state index contributed by atoms with van der Waals surface area (Å²) < 4.78 is 5.22. The van der Waals surface area contributed by atoms with Crippen LogP contribution < -0.4 is 10.5 Å². The molecule has 0 saturated carbocycles. The predicted molar refractivity (Wildman–Crippen MR) is 158 cm³/mol. The number of hydrogen-bond acceptors (Lipinski definition) is 5. The van der Waals surface area contributed by atoms with E-state index in [9.17, 15) is 9.59 Å². The van der Waals surface area contributed by atoms with Crippen molar-refractivity contribution >= 4 is 17.5 Å². The quantitative estimate of drug-likeness (QED) is 0.280. The van der Waals surface area contributed by atoms with Gasteiger partial charge in [0.05, 0.1) is 25.3 Å². The van der Waals surface area contributed by atoms with Crippen LogP contribution in [0.4, 0.5) is 0 Å². The molecule has 1 saturated heterocycles. The number of nitrogens with zero attached hydrogens (tertiary/aromatic N) is 2. The number of amides is 2. The molecule has 1 aliphatic rings. The van der Waals surface area contributed by atoms with E-state index in [4.69, 9.17) is 15.3 Å². The standard InChI is InChI=1S/C34H33N3O4/c1-40-30-19-17-26(18-20-30)24-41-36-29-22-34(33(35)39,21-25-11-5-2-6-12-25)37(23-29)32(38)31(27-13-7-3-8-14-27)28-15-9-4-10-16-28/h2-20,31H,21-24H2,1H3,(H2,35,39). The van der Waals surface area contributed by atoms with Gasteiger partial charge in [-0.3, -0.25) is 9.59 Å². The third-order valence-corrected chi connectivity index (χ3v) is 7.51. The average molecular weight is 548 g/mol. The lowest BCUT2D eigenvalue weighted by molar-refractivity contribution is -0.144. The Morgan fingerprint density at radius 2 is 1.39 bits per heavy atom. The largest absolute Gasteiger partial charge is 0.497 e. The fourth-order valence-electron chi connectivity index (χ4n) is 5.42. The van der Waals surface area contributed by atoms with E-state index < -0.39 is 17.4 Å². The second kappa shape index (κ2) is 12.5. The van der Waals surface area contributed by atoms with E-state index >= 15 is 0 Å². The van der Waals surface area contributed by atoms with Gasteiger partial charge in [-0.05, 0) is 34.4 Å². The zero-order valence-corrected chi connectivity index (χ0v) is 23.0. The molecule has 5 rings (SSSR count). The Kier molecular flexibility index (Phi) is 8.44. The summed E-state index contributed by atoms with van der Waals surface area (Å²) in [4.78, 5) is 35.3. The van der Waals surface area contributed by atoms with Gasteiger partial charge in [-0.15, -0.1) is 0 Å². The van der Waals surface area contributed by atoms with E-state index in [0.29, 0.717) is 5.71 Å². The molecule has 208 valence electrons. The zero-order valence-electron chi connectivity index (χ0n) is 23.0. The highest BCUT2D eigenvalue weighted by Crippen LogP contribution is 2.37. The SMILES string of the molecule is COc1ccc(CON=C2CN(C(=O)C(c3ccccc3)c3ccccc3)C(Cc3ccccc3)(C(N)=O)C2)cc1. The number of primary amides is 1. The summed E-state index contributed by atoms with van der Waals surface area (Å²) in [6.07, 6.45) is 0.449. The lowest BCUT2D eigenvalue weighted by Crippen LogP contribution is -2.58. The molecule has 0 bridgehead atoms. The topological polar surface area (TPSA) is 94.2 Å². The molecule has 2 N–H and O–H groups in total. The lowest BCUT2D eigenvalue weighted by atomic mass is 9.84. The van der Waals surface area contributed by atoms with Crippen molar-refractivity contribution in [1.82, 2.24) is 4.90 Å². The number of hydrogen-bond donors (Lipinski definition) is 1. The van der Waals surface area contributed by atoms with Gasteiger partial charge in [0.15, 0.2) is 0 Å². The van der Waals surface area contributed by atoms with Gasteiger partial charge in [0, 0.05) is 12.8 Å². The Morgan fingerprint density at radius 3 is 1.93 bits per heavy atom. The number of ether oxygens (including phenoxy) is 1. The van der Waals surface area contributed by atoms with Gasteiger partial charge >= 0.3 is 0 Å². The number of rotatable bonds is 10. The molecule has 1 atom stereocenters. The van der Waals surface area contributed by atoms with Crippen LogP contribution in [0.1, 0.15) is 34.6 Å². The van der Waals surface area contributed by atoms with Crippen LogP contribution in [0.15, 0.2) is 120 Å². The number of benzene rings is 4. The highest BCUT2D eigenvalue weighted by atomic mass is 16.6. The fourth-order valence-corrected chi connectivity index (χ4v) is 5.42. The van der Waals surface area contributed by atoms with Crippen LogP contribution in [0, 0.1) is 0 Å². The van der Waals surface area contributed by atoms with Crippen molar-refractivity contribution in [3.8, 4) is 5.75 Å². The monoisotopic (exact) mass is 547 g/mol. The number of carbonyl (C=O) groups excluding carboxylic acids is 2. The van der Waals surface area contributed by atoms with Crippen LogP contribution in [0.5, 0.6) is 5.75 Å². The average Bonchev–Trinajstić information content (AvgIpc) is 3.38. The third-order valence-electron chi connectivity index (χ3n) is 7.51. The molecule has 1 aliphatic heterocycles. The van der Waals surface area contributed by atoms with Gasteiger partial charge in [0.2, 0.25) is 11.8 Å². The molecular weight excluding hydrogens is 514 g/mol. The van der Waals surface area contributed by atoms with Crippen LogP contribution in [0.25, 0.3) is 0 Å². The minimum atomic E-state index is -1.30. The van der Waals surface area contributed by atoms with Crippen molar-refractivity contribution in [1.29, 1.82) is 0 Å². The molecule has 0 aliphatic carbocycles. The first kappa shape index (κ1) is 27.6. The van der Waals surface area contributed by atoms with Crippen LogP contribution in [0.2, 0.25) is 0 Å². The van der Waals surface area contributed by atoms with Crippen LogP contribution in [-0.4, -0.2) is 41.6 Å². The first-order chi connectivity index (χ1) is 20.0. The van der Waals surface area contributed by atoms with Crippen molar-refractivity contribution < 1.29 is 19.2 Å². The van der Waals surface area contributed by atoms with Crippen molar-refractivity contribution in [3.05, 3.63) is 138 Å². The van der Waals surface area contributed by atoms with E-state index in [-0.39, 0.29) is 31.9 Å². The summed E-state index contributed by atoms with van der Waals surface area (Å²) in [5.41, 5.74) is 8.93. The minimum absolute atomic E-state index is 0.132. The Balaban J connectivity index is 1.50. The summed E-state index contributed by atoms with van der Waals surface area (Å²) in [7, 11) is 1.62. The Morgan fingerprint density at radius 1 is 0.829 bits per heavy atom.